The molecule has 2 rings (SSSR count). The summed E-state index contributed by atoms with van der Waals surface area (Å²) in [4.78, 5) is 0. The van der Waals surface area contributed by atoms with Crippen LogP contribution in [0.3, 0.4) is 0 Å². The molecule has 2 aromatic rings. The number of halogens is 1. The molecule has 1 unspecified atom stereocenters. The largest absolute Gasteiger partial charge is 0.310 e. The summed E-state index contributed by atoms with van der Waals surface area (Å²) in [5.41, 5.74) is 3.13. The van der Waals surface area contributed by atoms with Gasteiger partial charge in [0.25, 0.3) is 0 Å². The third-order valence-corrected chi connectivity index (χ3v) is 4.27. The molecule has 1 heterocycles. The Labute approximate surface area is 124 Å². The van der Waals surface area contributed by atoms with Crippen molar-refractivity contribution in [2.75, 3.05) is 6.54 Å². The third-order valence-electron chi connectivity index (χ3n) is 3.54. The third kappa shape index (κ3) is 4.15. The number of rotatable bonds is 7. The van der Waals surface area contributed by atoms with Crippen LogP contribution in [-0.2, 0) is 6.42 Å². The van der Waals surface area contributed by atoms with Crippen LogP contribution in [0.25, 0.3) is 0 Å². The standard InChI is InChI=1S/C17H22FNS/c1-3-9-19-17(7-5-14-8-10-20-12-14)15-6-4-13(2)16(18)11-15/h4,6,8,10-12,17,19H,3,5,7,9H2,1-2H3. The number of thiophene rings is 1. The fourth-order valence-corrected chi connectivity index (χ4v) is 2.98. The van der Waals surface area contributed by atoms with E-state index >= 15 is 0 Å². The molecule has 0 radical (unpaired) electrons. The van der Waals surface area contributed by atoms with Crippen LogP contribution in [0.5, 0.6) is 0 Å². The van der Waals surface area contributed by atoms with Crippen molar-refractivity contribution in [2.24, 2.45) is 0 Å². The fraction of sp³-hybridized carbons (Fsp3) is 0.412. The fourth-order valence-electron chi connectivity index (χ4n) is 2.28. The molecule has 0 aliphatic heterocycles. The Bertz CT molecular complexity index is 522. The van der Waals surface area contributed by atoms with Crippen molar-refractivity contribution in [1.82, 2.24) is 5.32 Å². The van der Waals surface area contributed by atoms with Gasteiger partial charge < -0.3 is 5.32 Å². The van der Waals surface area contributed by atoms with Gasteiger partial charge in [0.1, 0.15) is 5.82 Å². The SMILES string of the molecule is CCCNC(CCc1ccsc1)c1ccc(C)c(F)c1. The van der Waals surface area contributed by atoms with Gasteiger partial charge in [-0.3, -0.25) is 0 Å². The molecule has 0 amide bonds. The number of hydrogen-bond donors (Lipinski definition) is 1. The molecular formula is C17H22FNS. The summed E-state index contributed by atoms with van der Waals surface area (Å²) in [5, 5.41) is 7.83. The van der Waals surface area contributed by atoms with Crippen molar-refractivity contribution in [2.45, 2.75) is 39.2 Å². The highest BCUT2D eigenvalue weighted by molar-refractivity contribution is 7.07. The van der Waals surface area contributed by atoms with Crippen LogP contribution in [0.1, 0.15) is 42.5 Å². The molecule has 1 aromatic heterocycles. The first-order chi connectivity index (χ1) is 9.70. The Balaban J connectivity index is 2.07. The zero-order chi connectivity index (χ0) is 14.4. The molecule has 0 saturated carbocycles. The minimum atomic E-state index is -0.110. The zero-order valence-corrected chi connectivity index (χ0v) is 13.0. The summed E-state index contributed by atoms with van der Waals surface area (Å²) in [6.07, 6.45) is 3.11. The molecule has 20 heavy (non-hydrogen) atoms. The van der Waals surface area contributed by atoms with Gasteiger partial charge in [0.2, 0.25) is 0 Å². The van der Waals surface area contributed by atoms with E-state index in [1.54, 1.807) is 24.3 Å². The van der Waals surface area contributed by atoms with E-state index in [2.05, 4.69) is 29.1 Å². The maximum absolute atomic E-state index is 13.7. The van der Waals surface area contributed by atoms with Gasteiger partial charge in [-0.25, -0.2) is 4.39 Å². The van der Waals surface area contributed by atoms with E-state index in [0.717, 1.165) is 31.4 Å². The minimum absolute atomic E-state index is 0.110. The zero-order valence-electron chi connectivity index (χ0n) is 12.2. The van der Waals surface area contributed by atoms with Crippen molar-refractivity contribution in [1.29, 1.82) is 0 Å². The lowest BCUT2D eigenvalue weighted by Crippen LogP contribution is -2.23. The van der Waals surface area contributed by atoms with Crippen LogP contribution < -0.4 is 5.32 Å². The van der Waals surface area contributed by atoms with Gasteiger partial charge in [-0.05, 0) is 72.3 Å². The molecule has 1 N–H and O–H groups in total. The van der Waals surface area contributed by atoms with Crippen molar-refractivity contribution in [3.63, 3.8) is 0 Å². The molecule has 3 heteroatoms. The highest BCUT2D eigenvalue weighted by atomic mass is 32.1. The topological polar surface area (TPSA) is 12.0 Å². The van der Waals surface area contributed by atoms with E-state index in [1.807, 2.05) is 12.1 Å². The predicted octanol–water partition coefficient (Wildman–Crippen LogP) is 4.87. The number of nitrogens with one attached hydrogen (secondary N) is 1. The molecule has 1 atom stereocenters. The first-order valence-electron chi connectivity index (χ1n) is 7.21. The Morgan fingerprint density at radius 3 is 2.80 bits per heavy atom. The summed E-state index contributed by atoms with van der Waals surface area (Å²) in [6, 6.07) is 7.98. The van der Waals surface area contributed by atoms with Gasteiger partial charge in [-0.2, -0.15) is 11.3 Å². The van der Waals surface area contributed by atoms with Crippen molar-refractivity contribution < 1.29 is 4.39 Å². The second kappa shape index (κ2) is 7.55. The lowest BCUT2D eigenvalue weighted by molar-refractivity contribution is 0.495. The Kier molecular flexibility index (Phi) is 5.74. The molecule has 0 fully saturated rings. The van der Waals surface area contributed by atoms with E-state index < -0.39 is 0 Å². The normalized spacial score (nSPS) is 12.6. The van der Waals surface area contributed by atoms with Crippen molar-refractivity contribution >= 4 is 11.3 Å². The molecule has 0 bridgehead atoms. The van der Waals surface area contributed by atoms with Gasteiger partial charge in [-0.1, -0.05) is 19.1 Å². The monoisotopic (exact) mass is 291 g/mol. The van der Waals surface area contributed by atoms with Gasteiger partial charge in [0, 0.05) is 6.04 Å². The first-order valence-corrected chi connectivity index (χ1v) is 8.15. The highest BCUT2D eigenvalue weighted by Crippen LogP contribution is 2.22. The second-order valence-corrected chi connectivity index (χ2v) is 5.97. The van der Waals surface area contributed by atoms with Crippen molar-refractivity contribution in [3.05, 3.63) is 57.5 Å². The number of aryl methyl sites for hydroxylation is 2. The van der Waals surface area contributed by atoms with Crippen molar-refractivity contribution in [3.8, 4) is 0 Å². The van der Waals surface area contributed by atoms with Crippen LogP contribution in [-0.4, -0.2) is 6.54 Å². The van der Waals surface area contributed by atoms with E-state index in [1.165, 1.54) is 5.56 Å². The summed E-state index contributed by atoms with van der Waals surface area (Å²) in [5.74, 6) is -0.110. The Morgan fingerprint density at radius 1 is 1.30 bits per heavy atom. The van der Waals surface area contributed by atoms with Gasteiger partial charge in [-0.15, -0.1) is 0 Å². The molecule has 108 valence electrons. The summed E-state index contributed by atoms with van der Waals surface area (Å²) in [6.45, 7) is 4.92. The molecule has 0 saturated heterocycles. The molecule has 1 aromatic carbocycles. The minimum Gasteiger partial charge on any atom is -0.310 e. The van der Waals surface area contributed by atoms with E-state index in [4.69, 9.17) is 0 Å². The maximum atomic E-state index is 13.7. The predicted molar refractivity (Wildman–Crippen MR) is 84.8 cm³/mol. The highest BCUT2D eigenvalue weighted by Gasteiger charge is 2.12. The summed E-state index contributed by atoms with van der Waals surface area (Å²) in [7, 11) is 0. The second-order valence-electron chi connectivity index (χ2n) is 5.19. The molecular weight excluding hydrogens is 269 g/mol. The van der Waals surface area contributed by atoms with E-state index in [0.29, 0.717) is 5.56 Å². The van der Waals surface area contributed by atoms with E-state index in [-0.39, 0.29) is 11.9 Å². The first kappa shape index (κ1) is 15.2. The van der Waals surface area contributed by atoms with Gasteiger partial charge in [0.15, 0.2) is 0 Å². The smallest absolute Gasteiger partial charge is 0.126 e. The van der Waals surface area contributed by atoms with Gasteiger partial charge in [0.05, 0.1) is 0 Å². The van der Waals surface area contributed by atoms with Gasteiger partial charge >= 0.3 is 0 Å². The maximum Gasteiger partial charge on any atom is 0.126 e. The Hall–Kier alpha value is -1.19. The summed E-state index contributed by atoms with van der Waals surface area (Å²) < 4.78 is 13.7. The Morgan fingerprint density at radius 2 is 2.15 bits per heavy atom. The lowest BCUT2D eigenvalue weighted by atomic mass is 9.98. The van der Waals surface area contributed by atoms with E-state index in [9.17, 15) is 4.39 Å². The van der Waals surface area contributed by atoms with Crippen LogP contribution >= 0.6 is 11.3 Å². The molecule has 0 aliphatic rings. The van der Waals surface area contributed by atoms with Crippen LogP contribution in [0.15, 0.2) is 35.0 Å². The van der Waals surface area contributed by atoms with Crippen LogP contribution in [0, 0.1) is 12.7 Å². The lowest BCUT2D eigenvalue weighted by Gasteiger charge is -2.19. The van der Waals surface area contributed by atoms with Crippen LogP contribution in [0.4, 0.5) is 4.39 Å². The average molecular weight is 291 g/mol. The summed E-state index contributed by atoms with van der Waals surface area (Å²) >= 11 is 1.73. The quantitative estimate of drug-likeness (QED) is 0.767. The molecule has 0 aliphatic carbocycles. The van der Waals surface area contributed by atoms with Crippen LogP contribution in [0.2, 0.25) is 0 Å². The molecule has 0 spiro atoms. The molecule has 1 nitrogen and oxygen atoms in total. The average Bonchev–Trinajstić information content (AvgIpc) is 2.95. The number of benzene rings is 1. The number of hydrogen-bond acceptors (Lipinski definition) is 2.